The summed E-state index contributed by atoms with van der Waals surface area (Å²) in [5.41, 5.74) is 0.823. The SMILES string of the molecule is CC(C)(C)C(=O)CSc1nnc(-c2cccc(S(=O)(=O)N3CCOCC3)c2)n1-c1cccc(Cl)c1. The van der Waals surface area contributed by atoms with E-state index in [1.165, 1.54) is 16.1 Å². The summed E-state index contributed by atoms with van der Waals surface area (Å²) in [6.07, 6.45) is 0. The standard InChI is InChI=1S/C24H27ClN4O4S2/c1-24(2,3)21(30)16-34-23-27-26-22(29(23)19-8-5-7-18(25)15-19)17-6-4-9-20(14-17)35(31,32)28-10-12-33-13-11-28/h4-9,14-15H,10-13,16H2,1-3H3. The number of morpholine rings is 1. The van der Waals surface area contributed by atoms with Crippen molar-refractivity contribution >= 4 is 39.2 Å². The van der Waals surface area contributed by atoms with Gasteiger partial charge in [0.25, 0.3) is 0 Å². The van der Waals surface area contributed by atoms with E-state index in [9.17, 15) is 13.2 Å². The maximum absolute atomic E-state index is 13.2. The zero-order chi connectivity index (χ0) is 25.2. The molecule has 0 radical (unpaired) electrons. The Morgan fingerprint density at radius 2 is 1.80 bits per heavy atom. The van der Waals surface area contributed by atoms with E-state index in [2.05, 4.69) is 10.2 Å². The monoisotopic (exact) mass is 534 g/mol. The summed E-state index contributed by atoms with van der Waals surface area (Å²) in [5, 5.41) is 9.77. The number of halogens is 1. The lowest BCUT2D eigenvalue weighted by Crippen LogP contribution is -2.40. The van der Waals surface area contributed by atoms with Crippen LogP contribution >= 0.6 is 23.4 Å². The maximum atomic E-state index is 13.2. The van der Waals surface area contributed by atoms with Crippen LogP contribution in [0.25, 0.3) is 17.1 Å². The van der Waals surface area contributed by atoms with Gasteiger partial charge in [0.2, 0.25) is 10.0 Å². The zero-order valence-corrected chi connectivity index (χ0v) is 22.2. The molecule has 8 nitrogen and oxygen atoms in total. The molecule has 186 valence electrons. The van der Waals surface area contributed by atoms with Gasteiger partial charge in [0.1, 0.15) is 5.78 Å². The predicted molar refractivity (Wildman–Crippen MR) is 137 cm³/mol. The van der Waals surface area contributed by atoms with E-state index in [0.29, 0.717) is 53.6 Å². The highest BCUT2D eigenvalue weighted by Crippen LogP contribution is 2.31. The molecule has 4 rings (SSSR count). The highest BCUT2D eigenvalue weighted by molar-refractivity contribution is 7.99. The van der Waals surface area contributed by atoms with Crippen molar-refractivity contribution in [1.82, 2.24) is 19.1 Å². The average Bonchev–Trinajstić information content (AvgIpc) is 3.26. The third-order valence-corrected chi connectivity index (χ3v) is 8.63. The summed E-state index contributed by atoms with van der Waals surface area (Å²) in [7, 11) is -3.68. The van der Waals surface area contributed by atoms with Crippen molar-refractivity contribution in [2.45, 2.75) is 30.8 Å². The average molecular weight is 535 g/mol. The van der Waals surface area contributed by atoms with Crippen LogP contribution in [0.4, 0.5) is 0 Å². The summed E-state index contributed by atoms with van der Waals surface area (Å²) < 4.78 is 35.0. The van der Waals surface area contributed by atoms with Crippen molar-refractivity contribution in [2.24, 2.45) is 5.41 Å². The number of sulfonamides is 1. The highest BCUT2D eigenvalue weighted by atomic mass is 35.5. The van der Waals surface area contributed by atoms with Crippen LogP contribution in [0.5, 0.6) is 0 Å². The van der Waals surface area contributed by atoms with Crippen molar-refractivity contribution < 1.29 is 17.9 Å². The molecule has 3 aromatic rings. The minimum Gasteiger partial charge on any atom is -0.379 e. The van der Waals surface area contributed by atoms with Crippen LogP contribution in [0.2, 0.25) is 5.02 Å². The van der Waals surface area contributed by atoms with E-state index >= 15 is 0 Å². The maximum Gasteiger partial charge on any atom is 0.243 e. The number of Topliss-reactive ketones (excluding diaryl/α,β-unsaturated/α-hetero) is 1. The van der Waals surface area contributed by atoms with Gasteiger partial charge in [-0.1, -0.05) is 62.3 Å². The van der Waals surface area contributed by atoms with E-state index in [0.717, 1.165) is 0 Å². The Balaban J connectivity index is 1.75. The number of carbonyl (C=O) groups excluding carboxylic acids is 1. The smallest absolute Gasteiger partial charge is 0.243 e. The number of ketones is 1. The lowest BCUT2D eigenvalue weighted by Gasteiger charge is -2.26. The number of aromatic nitrogens is 3. The molecule has 0 atom stereocenters. The predicted octanol–water partition coefficient (Wildman–Crippen LogP) is 4.32. The van der Waals surface area contributed by atoms with Crippen molar-refractivity contribution in [3.63, 3.8) is 0 Å². The summed E-state index contributed by atoms with van der Waals surface area (Å²) in [6.45, 7) is 7.00. The summed E-state index contributed by atoms with van der Waals surface area (Å²) >= 11 is 7.55. The molecule has 0 aliphatic carbocycles. The molecule has 0 saturated carbocycles. The first kappa shape index (κ1) is 25.8. The van der Waals surface area contributed by atoms with Gasteiger partial charge in [0, 0.05) is 29.1 Å². The van der Waals surface area contributed by atoms with E-state index < -0.39 is 15.4 Å². The van der Waals surface area contributed by atoms with Gasteiger partial charge in [-0.15, -0.1) is 10.2 Å². The fourth-order valence-corrected chi connectivity index (χ4v) is 6.23. The van der Waals surface area contributed by atoms with Gasteiger partial charge in [-0.2, -0.15) is 4.31 Å². The lowest BCUT2D eigenvalue weighted by molar-refractivity contribution is -0.123. The molecule has 0 amide bonds. The number of hydrogen-bond donors (Lipinski definition) is 0. The number of hydrogen-bond acceptors (Lipinski definition) is 7. The molecule has 11 heteroatoms. The van der Waals surface area contributed by atoms with Crippen LogP contribution in [0.3, 0.4) is 0 Å². The van der Waals surface area contributed by atoms with Gasteiger partial charge in [-0.05, 0) is 30.3 Å². The molecule has 0 spiro atoms. The molecule has 1 aliphatic rings. The van der Waals surface area contributed by atoms with E-state index in [4.69, 9.17) is 16.3 Å². The second-order valence-corrected chi connectivity index (χ2v) is 12.4. The molecule has 0 bridgehead atoms. The second-order valence-electron chi connectivity index (χ2n) is 9.13. The van der Waals surface area contributed by atoms with Crippen molar-refractivity contribution in [3.05, 3.63) is 53.6 Å². The molecule has 1 saturated heterocycles. The minimum atomic E-state index is -3.68. The Labute approximate surface area is 214 Å². The van der Waals surface area contributed by atoms with Crippen LogP contribution in [0.15, 0.2) is 58.6 Å². The number of benzene rings is 2. The Hall–Kier alpha value is -2.24. The number of carbonyl (C=O) groups is 1. The Morgan fingerprint density at radius 3 is 2.49 bits per heavy atom. The third-order valence-electron chi connectivity index (χ3n) is 5.57. The van der Waals surface area contributed by atoms with Crippen molar-refractivity contribution in [3.8, 4) is 17.1 Å². The summed E-state index contributed by atoms with van der Waals surface area (Å²) in [5.74, 6) is 0.772. The van der Waals surface area contributed by atoms with E-state index in [1.54, 1.807) is 41.0 Å². The van der Waals surface area contributed by atoms with E-state index in [1.807, 2.05) is 32.9 Å². The molecule has 0 N–H and O–H groups in total. The topological polar surface area (TPSA) is 94.4 Å². The fraction of sp³-hybridized carbons (Fsp3) is 0.375. The Kier molecular flexibility index (Phi) is 7.68. The molecule has 1 fully saturated rings. The molecular weight excluding hydrogens is 508 g/mol. The van der Waals surface area contributed by atoms with Gasteiger partial charge in [-0.25, -0.2) is 8.42 Å². The number of rotatable bonds is 7. The number of nitrogens with zero attached hydrogens (tertiary/aromatic N) is 4. The van der Waals surface area contributed by atoms with Crippen LogP contribution in [0.1, 0.15) is 20.8 Å². The Bertz CT molecular complexity index is 1330. The minimum absolute atomic E-state index is 0.0864. The molecule has 2 aromatic carbocycles. The molecule has 1 aromatic heterocycles. The van der Waals surface area contributed by atoms with Crippen LogP contribution in [0, 0.1) is 5.41 Å². The number of ether oxygens (including phenoxy) is 1. The van der Waals surface area contributed by atoms with Crippen LogP contribution in [-0.4, -0.2) is 65.3 Å². The first-order valence-electron chi connectivity index (χ1n) is 11.1. The van der Waals surface area contributed by atoms with Gasteiger partial charge in [-0.3, -0.25) is 9.36 Å². The lowest BCUT2D eigenvalue weighted by atomic mass is 9.92. The quantitative estimate of drug-likeness (QED) is 0.417. The molecular formula is C24H27ClN4O4S2. The molecule has 1 aliphatic heterocycles. The summed E-state index contributed by atoms with van der Waals surface area (Å²) in [4.78, 5) is 12.7. The second kappa shape index (κ2) is 10.4. The fourth-order valence-electron chi connectivity index (χ4n) is 3.48. The first-order valence-corrected chi connectivity index (χ1v) is 13.9. The van der Waals surface area contributed by atoms with E-state index in [-0.39, 0.29) is 16.4 Å². The van der Waals surface area contributed by atoms with Crippen molar-refractivity contribution in [1.29, 1.82) is 0 Å². The largest absolute Gasteiger partial charge is 0.379 e. The van der Waals surface area contributed by atoms with Crippen LogP contribution < -0.4 is 0 Å². The Morgan fingerprint density at radius 1 is 1.09 bits per heavy atom. The first-order chi connectivity index (χ1) is 16.6. The molecule has 0 unspecified atom stereocenters. The molecule has 2 heterocycles. The number of thioether (sulfide) groups is 1. The van der Waals surface area contributed by atoms with Gasteiger partial charge < -0.3 is 4.74 Å². The summed E-state index contributed by atoms with van der Waals surface area (Å²) in [6, 6.07) is 13.9. The van der Waals surface area contributed by atoms with Crippen LogP contribution in [-0.2, 0) is 19.6 Å². The zero-order valence-electron chi connectivity index (χ0n) is 19.8. The highest BCUT2D eigenvalue weighted by Gasteiger charge is 2.28. The normalized spacial score (nSPS) is 15.3. The molecule has 35 heavy (non-hydrogen) atoms. The van der Waals surface area contributed by atoms with Gasteiger partial charge >= 0.3 is 0 Å². The van der Waals surface area contributed by atoms with Gasteiger partial charge in [0.05, 0.1) is 29.5 Å². The third kappa shape index (κ3) is 5.78. The van der Waals surface area contributed by atoms with Gasteiger partial charge in [0.15, 0.2) is 11.0 Å². The van der Waals surface area contributed by atoms with Crippen molar-refractivity contribution in [2.75, 3.05) is 32.1 Å².